The molecule has 0 aliphatic carbocycles. The molecule has 0 radical (unpaired) electrons. The lowest BCUT2D eigenvalue weighted by Gasteiger charge is -2.08. The van der Waals surface area contributed by atoms with E-state index in [1.807, 2.05) is 31.2 Å². The van der Waals surface area contributed by atoms with E-state index < -0.39 is 0 Å². The van der Waals surface area contributed by atoms with Crippen molar-refractivity contribution in [3.63, 3.8) is 0 Å². The lowest BCUT2D eigenvalue weighted by molar-refractivity contribution is -0.115. The molecule has 1 amide bonds. The summed E-state index contributed by atoms with van der Waals surface area (Å²) >= 11 is 5.93. The van der Waals surface area contributed by atoms with Gasteiger partial charge in [-0.3, -0.25) is 4.79 Å². The third-order valence-electron chi connectivity index (χ3n) is 2.67. The minimum absolute atomic E-state index is 0.0710. The van der Waals surface area contributed by atoms with Gasteiger partial charge >= 0.3 is 0 Å². The maximum Gasteiger partial charge on any atom is 0.228 e. The molecule has 98 valence electrons. The number of hydrogen-bond donors (Lipinski definition) is 2. The topological polar surface area (TPSA) is 49.3 Å². The Balaban J connectivity index is 2.05. The molecule has 2 aromatic rings. The molecular formula is C15H14ClNO2. The number of carbonyl (C=O) groups is 1. The van der Waals surface area contributed by atoms with Crippen LogP contribution < -0.4 is 5.32 Å². The van der Waals surface area contributed by atoms with E-state index in [4.69, 9.17) is 11.6 Å². The van der Waals surface area contributed by atoms with Crippen LogP contribution in [0.5, 0.6) is 5.75 Å². The van der Waals surface area contributed by atoms with Gasteiger partial charge < -0.3 is 10.4 Å². The van der Waals surface area contributed by atoms with Gasteiger partial charge in [0.05, 0.1) is 17.1 Å². The van der Waals surface area contributed by atoms with Crippen molar-refractivity contribution >= 4 is 23.2 Å². The van der Waals surface area contributed by atoms with Crippen LogP contribution in [0.3, 0.4) is 0 Å². The zero-order valence-electron chi connectivity index (χ0n) is 10.5. The fourth-order valence-electron chi connectivity index (χ4n) is 1.81. The maximum absolute atomic E-state index is 11.9. The van der Waals surface area contributed by atoms with Crippen LogP contribution in [0.1, 0.15) is 11.1 Å². The first-order valence-corrected chi connectivity index (χ1v) is 6.26. The van der Waals surface area contributed by atoms with Crippen LogP contribution in [-0.2, 0) is 11.2 Å². The molecule has 0 heterocycles. The number of anilines is 1. The molecule has 0 saturated carbocycles. The molecule has 0 unspecified atom stereocenters. The molecule has 2 N–H and O–H groups in total. The predicted octanol–water partition coefficient (Wildman–Crippen LogP) is 3.54. The first-order chi connectivity index (χ1) is 9.04. The Labute approximate surface area is 116 Å². The highest BCUT2D eigenvalue weighted by molar-refractivity contribution is 6.33. The highest BCUT2D eigenvalue weighted by atomic mass is 35.5. The Kier molecular flexibility index (Phi) is 4.07. The fourth-order valence-corrected chi connectivity index (χ4v) is 2.03. The van der Waals surface area contributed by atoms with E-state index in [1.54, 1.807) is 6.07 Å². The zero-order chi connectivity index (χ0) is 13.8. The molecule has 2 rings (SSSR count). The summed E-state index contributed by atoms with van der Waals surface area (Å²) in [5.41, 5.74) is 2.57. The van der Waals surface area contributed by atoms with E-state index >= 15 is 0 Å². The lowest BCUT2D eigenvalue weighted by Crippen LogP contribution is -2.14. The van der Waals surface area contributed by atoms with Crippen molar-refractivity contribution in [3.05, 3.63) is 58.6 Å². The fraction of sp³-hybridized carbons (Fsp3) is 0.133. The Morgan fingerprint density at radius 2 is 2.05 bits per heavy atom. The Bertz CT molecular complexity index is 611. The van der Waals surface area contributed by atoms with Gasteiger partial charge in [-0.05, 0) is 24.6 Å². The predicted molar refractivity (Wildman–Crippen MR) is 76.6 cm³/mol. The lowest BCUT2D eigenvalue weighted by atomic mass is 10.1. The van der Waals surface area contributed by atoms with Crippen molar-refractivity contribution in [2.75, 3.05) is 5.32 Å². The summed E-state index contributed by atoms with van der Waals surface area (Å²) < 4.78 is 0. The number of nitrogens with one attached hydrogen (secondary N) is 1. The van der Waals surface area contributed by atoms with Crippen LogP contribution in [0.15, 0.2) is 42.5 Å². The average Bonchev–Trinajstić information content (AvgIpc) is 2.33. The molecule has 19 heavy (non-hydrogen) atoms. The number of amides is 1. The van der Waals surface area contributed by atoms with Gasteiger partial charge in [-0.1, -0.05) is 41.4 Å². The monoisotopic (exact) mass is 275 g/mol. The van der Waals surface area contributed by atoms with Crippen LogP contribution in [0.4, 0.5) is 5.69 Å². The van der Waals surface area contributed by atoms with Crippen LogP contribution in [0.25, 0.3) is 0 Å². The number of aromatic hydroxyl groups is 1. The Morgan fingerprint density at radius 1 is 1.26 bits per heavy atom. The van der Waals surface area contributed by atoms with E-state index in [1.165, 1.54) is 12.1 Å². The molecule has 2 aromatic carbocycles. The summed E-state index contributed by atoms with van der Waals surface area (Å²) in [6, 6.07) is 12.2. The summed E-state index contributed by atoms with van der Waals surface area (Å²) in [5.74, 6) is -0.0696. The number of hydrogen-bond acceptors (Lipinski definition) is 2. The van der Waals surface area contributed by atoms with Gasteiger partial charge in [0.25, 0.3) is 0 Å². The van der Waals surface area contributed by atoms with Gasteiger partial charge in [-0.25, -0.2) is 0 Å². The molecule has 3 nitrogen and oxygen atoms in total. The molecular weight excluding hydrogens is 262 g/mol. The average molecular weight is 276 g/mol. The third kappa shape index (κ3) is 3.73. The van der Waals surface area contributed by atoms with Gasteiger partial charge in [-0.2, -0.15) is 0 Å². The molecule has 0 atom stereocenters. The maximum atomic E-state index is 11.9. The van der Waals surface area contributed by atoms with Crippen molar-refractivity contribution < 1.29 is 9.90 Å². The summed E-state index contributed by atoms with van der Waals surface area (Å²) in [6.45, 7) is 1.98. The molecule has 4 heteroatoms. The number of phenols is 1. The zero-order valence-corrected chi connectivity index (χ0v) is 11.2. The van der Waals surface area contributed by atoms with Gasteiger partial charge in [-0.15, -0.1) is 0 Å². The smallest absolute Gasteiger partial charge is 0.228 e. The van der Waals surface area contributed by atoms with Crippen molar-refractivity contribution in [3.8, 4) is 5.75 Å². The van der Waals surface area contributed by atoms with E-state index in [2.05, 4.69) is 5.32 Å². The number of rotatable bonds is 3. The Hall–Kier alpha value is -2.00. The molecule has 0 fully saturated rings. The first-order valence-electron chi connectivity index (χ1n) is 5.88. The molecule has 0 saturated heterocycles. The van der Waals surface area contributed by atoms with E-state index in [0.29, 0.717) is 17.1 Å². The van der Waals surface area contributed by atoms with Gasteiger partial charge in [0.2, 0.25) is 5.91 Å². The van der Waals surface area contributed by atoms with Gasteiger partial charge in [0.15, 0.2) is 0 Å². The molecule has 0 aliphatic heterocycles. The van der Waals surface area contributed by atoms with Crippen LogP contribution in [0.2, 0.25) is 5.02 Å². The Morgan fingerprint density at radius 3 is 2.74 bits per heavy atom. The molecule has 0 spiro atoms. The minimum atomic E-state index is -0.141. The van der Waals surface area contributed by atoms with Crippen LogP contribution in [-0.4, -0.2) is 11.0 Å². The normalized spacial score (nSPS) is 10.2. The third-order valence-corrected chi connectivity index (χ3v) is 2.99. The summed E-state index contributed by atoms with van der Waals surface area (Å²) in [4.78, 5) is 11.9. The first kappa shape index (κ1) is 13.4. The van der Waals surface area contributed by atoms with Crippen molar-refractivity contribution in [2.45, 2.75) is 13.3 Å². The molecule has 0 bridgehead atoms. The number of benzene rings is 2. The van der Waals surface area contributed by atoms with Crippen molar-refractivity contribution in [1.29, 1.82) is 0 Å². The molecule has 0 aliphatic rings. The van der Waals surface area contributed by atoms with Crippen molar-refractivity contribution in [1.82, 2.24) is 0 Å². The number of aryl methyl sites for hydroxylation is 1. The number of halogens is 1. The van der Waals surface area contributed by atoms with E-state index in [0.717, 1.165) is 11.1 Å². The largest absolute Gasteiger partial charge is 0.508 e. The van der Waals surface area contributed by atoms with Crippen molar-refractivity contribution in [2.24, 2.45) is 0 Å². The quantitative estimate of drug-likeness (QED) is 0.842. The van der Waals surface area contributed by atoms with E-state index in [-0.39, 0.29) is 11.7 Å². The van der Waals surface area contributed by atoms with Gasteiger partial charge in [0, 0.05) is 6.07 Å². The highest BCUT2D eigenvalue weighted by Crippen LogP contribution is 2.26. The number of carbonyl (C=O) groups excluding carboxylic acids is 1. The second-order valence-corrected chi connectivity index (χ2v) is 4.79. The SMILES string of the molecule is Cc1cccc(CC(=O)Nc2ccc(O)cc2Cl)c1. The van der Waals surface area contributed by atoms with E-state index in [9.17, 15) is 9.90 Å². The van der Waals surface area contributed by atoms with Gasteiger partial charge in [0.1, 0.15) is 5.75 Å². The summed E-state index contributed by atoms with van der Waals surface area (Å²) in [5, 5.41) is 12.3. The second-order valence-electron chi connectivity index (χ2n) is 4.38. The summed E-state index contributed by atoms with van der Waals surface area (Å²) in [6.07, 6.45) is 0.291. The van der Waals surface area contributed by atoms with Crippen LogP contribution in [0, 0.1) is 6.92 Å². The number of phenolic OH excluding ortho intramolecular Hbond substituents is 1. The van der Waals surface area contributed by atoms with Crippen LogP contribution >= 0.6 is 11.6 Å². The standard InChI is InChI=1S/C15H14ClNO2/c1-10-3-2-4-11(7-10)8-15(19)17-14-6-5-12(18)9-13(14)16/h2-7,9,18H,8H2,1H3,(H,17,19). The highest BCUT2D eigenvalue weighted by Gasteiger charge is 2.07. The molecule has 0 aromatic heterocycles. The second kappa shape index (κ2) is 5.76. The minimum Gasteiger partial charge on any atom is -0.508 e. The summed E-state index contributed by atoms with van der Waals surface area (Å²) in [7, 11) is 0.